The number of halogens is 2. The second-order valence-electron chi connectivity index (χ2n) is 4.07. The highest BCUT2D eigenvalue weighted by atomic mass is 79.9. The molecule has 0 aliphatic heterocycles. The fraction of sp³-hybridized carbons (Fsp3) is 0.200. The molecule has 0 aliphatic carbocycles. The maximum Gasteiger partial charge on any atom is 0.150 e. The zero-order valence-electron chi connectivity index (χ0n) is 10.6. The van der Waals surface area contributed by atoms with Crippen molar-refractivity contribution in [2.75, 3.05) is 6.54 Å². The Morgan fingerprint density at radius 2 is 2.00 bits per heavy atom. The van der Waals surface area contributed by atoms with E-state index in [9.17, 15) is 0 Å². The third-order valence-electron chi connectivity index (χ3n) is 2.63. The van der Waals surface area contributed by atoms with Crippen LogP contribution in [-0.2, 0) is 6.54 Å². The monoisotopic (exact) mass is 339 g/mol. The standard InChI is InChI=1S/C15H15BrClNO/c1-2-18-10-11-5-3-8-14(17)15(11)19-13-7-4-6-12(16)9-13/h3-9,18H,2,10H2,1H3. The maximum absolute atomic E-state index is 6.23. The second-order valence-corrected chi connectivity index (χ2v) is 5.39. The van der Waals surface area contributed by atoms with E-state index < -0.39 is 0 Å². The maximum atomic E-state index is 6.23. The van der Waals surface area contributed by atoms with E-state index in [0.717, 1.165) is 28.9 Å². The van der Waals surface area contributed by atoms with Crippen LogP contribution in [-0.4, -0.2) is 6.54 Å². The normalized spacial score (nSPS) is 10.5. The Morgan fingerprint density at radius 3 is 2.74 bits per heavy atom. The predicted octanol–water partition coefficient (Wildman–Crippen LogP) is 5.00. The largest absolute Gasteiger partial charge is 0.455 e. The van der Waals surface area contributed by atoms with Crippen molar-refractivity contribution in [1.29, 1.82) is 0 Å². The van der Waals surface area contributed by atoms with Crippen molar-refractivity contribution in [3.8, 4) is 11.5 Å². The minimum Gasteiger partial charge on any atom is -0.455 e. The van der Waals surface area contributed by atoms with Gasteiger partial charge in [-0.25, -0.2) is 0 Å². The number of ether oxygens (including phenoxy) is 1. The topological polar surface area (TPSA) is 21.3 Å². The average molecular weight is 341 g/mol. The van der Waals surface area contributed by atoms with Crippen LogP contribution in [0, 0.1) is 0 Å². The SMILES string of the molecule is CCNCc1cccc(Cl)c1Oc1cccc(Br)c1. The number of benzene rings is 2. The van der Waals surface area contributed by atoms with E-state index in [1.165, 1.54) is 0 Å². The van der Waals surface area contributed by atoms with Gasteiger partial charge in [-0.05, 0) is 30.8 Å². The molecule has 0 aromatic heterocycles. The molecule has 0 atom stereocenters. The third-order valence-corrected chi connectivity index (χ3v) is 3.42. The van der Waals surface area contributed by atoms with Gasteiger partial charge >= 0.3 is 0 Å². The van der Waals surface area contributed by atoms with E-state index in [0.29, 0.717) is 10.8 Å². The predicted molar refractivity (Wildman–Crippen MR) is 83.0 cm³/mol. The van der Waals surface area contributed by atoms with Gasteiger partial charge in [-0.2, -0.15) is 0 Å². The molecule has 0 amide bonds. The molecule has 0 heterocycles. The second kappa shape index (κ2) is 6.94. The molecule has 2 nitrogen and oxygen atoms in total. The van der Waals surface area contributed by atoms with Crippen LogP contribution in [0.25, 0.3) is 0 Å². The van der Waals surface area contributed by atoms with E-state index >= 15 is 0 Å². The molecule has 1 N–H and O–H groups in total. The van der Waals surface area contributed by atoms with Crippen molar-refractivity contribution < 1.29 is 4.74 Å². The molecule has 0 unspecified atom stereocenters. The summed E-state index contributed by atoms with van der Waals surface area (Å²) in [5, 5.41) is 3.90. The summed E-state index contributed by atoms with van der Waals surface area (Å²) in [5.41, 5.74) is 1.05. The highest BCUT2D eigenvalue weighted by Gasteiger charge is 2.09. The van der Waals surface area contributed by atoms with E-state index in [1.54, 1.807) is 0 Å². The molecule has 0 bridgehead atoms. The summed E-state index contributed by atoms with van der Waals surface area (Å²) in [7, 11) is 0. The van der Waals surface area contributed by atoms with Gasteiger partial charge in [-0.1, -0.05) is 52.7 Å². The summed E-state index contributed by atoms with van der Waals surface area (Å²) in [4.78, 5) is 0. The van der Waals surface area contributed by atoms with Crippen molar-refractivity contribution in [3.05, 3.63) is 57.5 Å². The first-order chi connectivity index (χ1) is 9.20. The first-order valence-electron chi connectivity index (χ1n) is 6.12. The number of nitrogens with one attached hydrogen (secondary N) is 1. The van der Waals surface area contributed by atoms with E-state index in [1.807, 2.05) is 42.5 Å². The fourth-order valence-electron chi connectivity index (χ4n) is 1.72. The summed E-state index contributed by atoms with van der Waals surface area (Å²) in [6.07, 6.45) is 0. The number of para-hydroxylation sites is 1. The zero-order chi connectivity index (χ0) is 13.7. The highest BCUT2D eigenvalue weighted by molar-refractivity contribution is 9.10. The molecule has 2 aromatic rings. The molecule has 4 heteroatoms. The van der Waals surface area contributed by atoms with Gasteiger partial charge in [-0.3, -0.25) is 0 Å². The summed E-state index contributed by atoms with van der Waals surface area (Å²) in [6, 6.07) is 13.5. The molecule has 0 saturated carbocycles. The number of hydrogen-bond donors (Lipinski definition) is 1. The molecular weight excluding hydrogens is 326 g/mol. The Morgan fingerprint density at radius 1 is 1.21 bits per heavy atom. The fourth-order valence-corrected chi connectivity index (χ4v) is 2.33. The molecule has 19 heavy (non-hydrogen) atoms. The number of rotatable bonds is 5. The van der Waals surface area contributed by atoms with Crippen LogP contribution in [0.4, 0.5) is 0 Å². The van der Waals surface area contributed by atoms with Crippen molar-refractivity contribution in [3.63, 3.8) is 0 Å². The lowest BCUT2D eigenvalue weighted by molar-refractivity contribution is 0.473. The van der Waals surface area contributed by atoms with E-state index in [2.05, 4.69) is 28.2 Å². The van der Waals surface area contributed by atoms with Gasteiger partial charge in [0.25, 0.3) is 0 Å². The lowest BCUT2D eigenvalue weighted by atomic mass is 10.2. The Labute approximate surface area is 126 Å². The van der Waals surface area contributed by atoms with Crippen LogP contribution in [0.1, 0.15) is 12.5 Å². The molecule has 0 spiro atoms. The van der Waals surface area contributed by atoms with Gasteiger partial charge in [0.15, 0.2) is 0 Å². The van der Waals surface area contributed by atoms with Crippen LogP contribution in [0.2, 0.25) is 5.02 Å². The molecule has 0 fully saturated rings. The average Bonchev–Trinajstić information content (AvgIpc) is 2.39. The number of hydrogen-bond acceptors (Lipinski definition) is 2. The van der Waals surface area contributed by atoms with Crippen LogP contribution >= 0.6 is 27.5 Å². The first-order valence-corrected chi connectivity index (χ1v) is 7.29. The molecule has 2 aromatic carbocycles. The molecule has 2 rings (SSSR count). The molecule has 100 valence electrons. The Bertz CT molecular complexity index is 560. The van der Waals surface area contributed by atoms with Crippen molar-refractivity contribution in [2.24, 2.45) is 0 Å². The Hall–Kier alpha value is -1.03. The summed E-state index contributed by atoms with van der Waals surface area (Å²) >= 11 is 9.66. The quantitative estimate of drug-likeness (QED) is 0.826. The van der Waals surface area contributed by atoms with E-state index in [4.69, 9.17) is 16.3 Å². The van der Waals surface area contributed by atoms with Crippen molar-refractivity contribution >= 4 is 27.5 Å². The van der Waals surface area contributed by atoms with Gasteiger partial charge in [0.2, 0.25) is 0 Å². The molecule has 0 radical (unpaired) electrons. The smallest absolute Gasteiger partial charge is 0.150 e. The molecule has 0 aliphatic rings. The van der Waals surface area contributed by atoms with Gasteiger partial charge < -0.3 is 10.1 Å². The Kier molecular flexibility index (Phi) is 5.25. The van der Waals surface area contributed by atoms with Gasteiger partial charge in [-0.15, -0.1) is 0 Å². The first kappa shape index (κ1) is 14.4. The van der Waals surface area contributed by atoms with Crippen molar-refractivity contribution in [2.45, 2.75) is 13.5 Å². The van der Waals surface area contributed by atoms with Crippen LogP contribution in [0.3, 0.4) is 0 Å². The van der Waals surface area contributed by atoms with Gasteiger partial charge in [0, 0.05) is 16.6 Å². The van der Waals surface area contributed by atoms with Gasteiger partial charge in [0.05, 0.1) is 5.02 Å². The summed E-state index contributed by atoms with van der Waals surface area (Å²) < 4.78 is 6.89. The molecule has 0 saturated heterocycles. The highest BCUT2D eigenvalue weighted by Crippen LogP contribution is 2.33. The minimum atomic E-state index is 0.621. The lowest BCUT2D eigenvalue weighted by Gasteiger charge is -2.13. The van der Waals surface area contributed by atoms with Crippen LogP contribution < -0.4 is 10.1 Å². The van der Waals surface area contributed by atoms with Crippen LogP contribution in [0.15, 0.2) is 46.9 Å². The van der Waals surface area contributed by atoms with E-state index in [-0.39, 0.29) is 0 Å². The Balaban J connectivity index is 2.27. The summed E-state index contributed by atoms with van der Waals surface area (Å²) in [6.45, 7) is 3.71. The zero-order valence-corrected chi connectivity index (χ0v) is 13.0. The summed E-state index contributed by atoms with van der Waals surface area (Å²) in [5.74, 6) is 1.48. The minimum absolute atomic E-state index is 0.621. The third kappa shape index (κ3) is 3.96. The lowest BCUT2D eigenvalue weighted by Crippen LogP contribution is -2.12. The van der Waals surface area contributed by atoms with Crippen LogP contribution in [0.5, 0.6) is 11.5 Å². The van der Waals surface area contributed by atoms with Gasteiger partial charge in [0.1, 0.15) is 11.5 Å². The molecular formula is C15H15BrClNO. The van der Waals surface area contributed by atoms with Crippen molar-refractivity contribution in [1.82, 2.24) is 5.32 Å².